The lowest BCUT2D eigenvalue weighted by Crippen LogP contribution is -2.13. The van der Waals surface area contributed by atoms with Crippen LogP contribution in [0.25, 0.3) is 11.4 Å². The number of nitrogens with zero attached hydrogens (tertiary/aromatic N) is 3. The van der Waals surface area contributed by atoms with Crippen molar-refractivity contribution in [2.24, 2.45) is 0 Å². The molecule has 2 N–H and O–H groups in total. The van der Waals surface area contributed by atoms with Crippen molar-refractivity contribution in [3.63, 3.8) is 0 Å². The normalized spacial score (nSPS) is 11.2. The number of aromatic amines is 1. The highest BCUT2D eigenvalue weighted by Gasteiger charge is 2.22. The van der Waals surface area contributed by atoms with Gasteiger partial charge in [0.25, 0.3) is 10.0 Å². The zero-order valence-electron chi connectivity index (χ0n) is 14.3. The average molecular weight is 389 g/mol. The molecule has 0 aliphatic carbocycles. The average Bonchev–Trinajstić information content (AvgIpc) is 3.07. The van der Waals surface area contributed by atoms with Gasteiger partial charge in [0.1, 0.15) is 5.82 Å². The molecule has 11 heteroatoms. The summed E-state index contributed by atoms with van der Waals surface area (Å²) in [5.41, 5.74) is 0.444. The lowest BCUT2D eigenvalue weighted by Gasteiger charge is -2.10. The SMILES string of the molecule is COc1ccc(S(=O)(=O)Nc2cccc(-c3n[nH]c(C)n3)c2)cc1[N+](=O)[O-]. The fraction of sp³-hybridized carbons (Fsp3) is 0.125. The molecule has 2 aromatic carbocycles. The van der Waals surface area contributed by atoms with Crippen molar-refractivity contribution in [3.8, 4) is 17.1 Å². The Balaban J connectivity index is 1.93. The number of sulfonamides is 1. The van der Waals surface area contributed by atoms with Crippen LogP contribution in [0, 0.1) is 17.0 Å². The molecule has 0 radical (unpaired) electrons. The molecule has 27 heavy (non-hydrogen) atoms. The van der Waals surface area contributed by atoms with Gasteiger partial charge in [-0.2, -0.15) is 5.10 Å². The fourth-order valence-corrected chi connectivity index (χ4v) is 3.46. The van der Waals surface area contributed by atoms with Crippen LogP contribution in [0.2, 0.25) is 0 Å². The van der Waals surface area contributed by atoms with Gasteiger partial charge < -0.3 is 4.74 Å². The van der Waals surface area contributed by atoms with E-state index in [2.05, 4.69) is 19.9 Å². The van der Waals surface area contributed by atoms with E-state index in [9.17, 15) is 18.5 Å². The van der Waals surface area contributed by atoms with Crippen molar-refractivity contribution in [2.75, 3.05) is 11.8 Å². The number of nitro groups is 1. The van der Waals surface area contributed by atoms with Crippen LogP contribution in [0.1, 0.15) is 5.82 Å². The first-order valence-corrected chi connectivity index (χ1v) is 9.13. The van der Waals surface area contributed by atoms with Crippen LogP contribution in [-0.2, 0) is 10.0 Å². The molecule has 0 unspecified atom stereocenters. The van der Waals surface area contributed by atoms with Crippen LogP contribution >= 0.6 is 0 Å². The maximum Gasteiger partial charge on any atom is 0.312 e. The first-order valence-electron chi connectivity index (χ1n) is 7.65. The third-order valence-electron chi connectivity index (χ3n) is 3.63. The minimum atomic E-state index is -4.05. The number of methoxy groups -OCH3 is 1. The second kappa shape index (κ2) is 7.03. The zero-order chi connectivity index (χ0) is 19.6. The molecular formula is C16H15N5O5S. The van der Waals surface area contributed by atoms with Crippen molar-refractivity contribution < 1.29 is 18.1 Å². The molecule has 3 rings (SSSR count). The number of rotatable bonds is 6. The zero-order valence-corrected chi connectivity index (χ0v) is 15.1. The van der Waals surface area contributed by atoms with Gasteiger partial charge in [0.05, 0.1) is 16.9 Å². The Labute approximate surface area is 154 Å². The number of ether oxygens (including phenoxy) is 1. The molecule has 140 valence electrons. The van der Waals surface area contributed by atoms with Gasteiger partial charge in [-0.25, -0.2) is 13.4 Å². The minimum Gasteiger partial charge on any atom is -0.490 e. The predicted molar refractivity (Wildman–Crippen MR) is 97.0 cm³/mol. The highest BCUT2D eigenvalue weighted by Crippen LogP contribution is 2.30. The van der Waals surface area contributed by atoms with Crippen molar-refractivity contribution in [3.05, 3.63) is 58.4 Å². The number of nitrogens with one attached hydrogen (secondary N) is 2. The second-order valence-electron chi connectivity index (χ2n) is 5.52. The number of hydrogen-bond acceptors (Lipinski definition) is 7. The lowest BCUT2D eigenvalue weighted by molar-refractivity contribution is -0.386. The Morgan fingerprint density at radius 2 is 2.00 bits per heavy atom. The molecule has 0 aliphatic rings. The standard InChI is InChI=1S/C16H15N5O5S/c1-10-17-16(19-18-10)11-4-3-5-12(8-11)20-27(24,25)13-6-7-15(26-2)14(9-13)21(22)23/h3-9,20H,1-2H3,(H,17,18,19). The van der Waals surface area contributed by atoms with E-state index in [0.29, 0.717) is 17.2 Å². The van der Waals surface area contributed by atoms with E-state index in [1.54, 1.807) is 31.2 Å². The molecule has 0 fully saturated rings. The van der Waals surface area contributed by atoms with Gasteiger partial charge in [-0.15, -0.1) is 0 Å². The summed E-state index contributed by atoms with van der Waals surface area (Å²) in [6.45, 7) is 1.75. The molecular weight excluding hydrogens is 374 g/mol. The maximum atomic E-state index is 12.6. The van der Waals surface area contributed by atoms with Gasteiger partial charge in [-0.1, -0.05) is 12.1 Å². The van der Waals surface area contributed by atoms with Crippen LogP contribution in [0.3, 0.4) is 0 Å². The predicted octanol–water partition coefficient (Wildman–Crippen LogP) is 2.50. The monoisotopic (exact) mass is 389 g/mol. The fourth-order valence-electron chi connectivity index (χ4n) is 2.39. The Kier molecular flexibility index (Phi) is 4.77. The Bertz CT molecular complexity index is 1110. The van der Waals surface area contributed by atoms with E-state index in [4.69, 9.17) is 4.74 Å². The van der Waals surface area contributed by atoms with Gasteiger partial charge >= 0.3 is 5.69 Å². The van der Waals surface area contributed by atoms with Gasteiger partial charge in [0.2, 0.25) is 0 Å². The van der Waals surface area contributed by atoms with Gasteiger partial charge in [-0.05, 0) is 31.2 Å². The molecule has 10 nitrogen and oxygen atoms in total. The van der Waals surface area contributed by atoms with E-state index in [1.807, 2.05) is 0 Å². The van der Waals surface area contributed by atoms with Gasteiger partial charge in [0, 0.05) is 17.3 Å². The topological polar surface area (TPSA) is 140 Å². The summed E-state index contributed by atoms with van der Waals surface area (Å²) in [6.07, 6.45) is 0. The Hall–Kier alpha value is -3.47. The molecule has 3 aromatic rings. The minimum absolute atomic E-state index is 0.0269. The van der Waals surface area contributed by atoms with Crippen LogP contribution in [0.4, 0.5) is 11.4 Å². The van der Waals surface area contributed by atoms with E-state index in [-0.39, 0.29) is 16.3 Å². The quantitative estimate of drug-likeness (QED) is 0.487. The molecule has 0 amide bonds. The summed E-state index contributed by atoms with van der Waals surface area (Å²) in [6, 6.07) is 9.92. The van der Waals surface area contributed by atoms with E-state index in [0.717, 1.165) is 6.07 Å². The first-order chi connectivity index (χ1) is 12.8. The second-order valence-corrected chi connectivity index (χ2v) is 7.20. The number of aryl methyl sites for hydroxylation is 1. The lowest BCUT2D eigenvalue weighted by atomic mass is 10.2. The number of nitro benzene ring substituents is 1. The summed E-state index contributed by atoms with van der Waals surface area (Å²) in [4.78, 5) is 14.3. The number of H-pyrrole nitrogens is 1. The highest BCUT2D eigenvalue weighted by molar-refractivity contribution is 7.92. The van der Waals surface area contributed by atoms with Crippen molar-refractivity contribution in [2.45, 2.75) is 11.8 Å². The van der Waals surface area contributed by atoms with Crippen molar-refractivity contribution in [1.29, 1.82) is 0 Å². The number of anilines is 1. The van der Waals surface area contributed by atoms with E-state index >= 15 is 0 Å². The van der Waals surface area contributed by atoms with Gasteiger partial charge in [-0.3, -0.25) is 19.9 Å². The molecule has 1 aromatic heterocycles. The molecule has 1 heterocycles. The van der Waals surface area contributed by atoms with Crippen molar-refractivity contribution >= 4 is 21.4 Å². The van der Waals surface area contributed by atoms with Crippen LogP contribution < -0.4 is 9.46 Å². The summed E-state index contributed by atoms with van der Waals surface area (Å²) in [5.74, 6) is 1.02. The van der Waals surface area contributed by atoms with Gasteiger partial charge in [0.15, 0.2) is 11.6 Å². The number of benzene rings is 2. The molecule has 0 saturated carbocycles. The van der Waals surface area contributed by atoms with Crippen LogP contribution in [-0.4, -0.2) is 35.6 Å². The first kappa shape index (κ1) is 18.3. The summed E-state index contributed by atoms with van der Waals surface area (Å²) < 4.78 is 32.5. The largest absolute Gasteiger partial charge is 0.490 e. The molecule has 0 atom stereocenters. The number of aromatic nitrogens is 3. The summed E-state index contributed by atoms with van der Waals surface area (Å²) >= 11 is 0. The molecule has 0 saturated heterocycles. The smallest absolute Gasteiger partial charge is 0.312 e. The van der Waals surface area contributed by atoms with Crippen molar-refractivity contribution in [1.82, 2.24) is 15.2 Å². The molecule has 0 bridgehead atoms. The highest BCUT2D eigenvalue weighted by atomic mass is 32.2. The summed E-state index contributed by atoms with van der Waals surface area (Å²) in [7, 11) is -2.78. The molecule has 0 aliphatic heterocycles. The van der Waals surface area contributed by atoms with E-state index < -0.39 is 20.6 Å². The van der Waals surface area contributed by atoms with Crippen LogP contribution in [0.15, 0.2) is 47.4 Å². The third kappa shape index (κ3) is 3.87. The molecule has 0 spiro atoms. The number of hydrogen-bond donors (Lipinski definition) is 2. The van der Waals surface area contributed by atoms with E-state index in [1.165, 1.54) is 19.2 Å². The maximum absolute atomic E-state index is 12.6. The third-order valence-corrected chi connectivity index (χ3v) is 5.01. The Morgan fingerprint density at radius 3 is 2.63 bits per heavy atom. The van der Waals surface area contributed by atoms with Crippen LogP contribution in [0.5, 0.6) is 5.75 Å². The summed E-state index contributed by atoms with van der Waals surface area (Å²) in [5, 5.41) is 17.9. The Morgan fingerprint density at radius 1 is 1.22 bits per heavy atom.